The van der Waals surface area contributed by atoms with Gasteiger partial charge in [-0.15, -0.1) is 10.2 Å². The van der Waals surface area contributed by atoms with Crippen LogP contribution in [-0.4, -0.2) is 14.8 Å². The first-order valence-electron chi connectivity index (χ1n) is 6.93. The standard InChI is InChI=1S/C13H20N4/c14-13-16-15-7-17(13)6-12-10-2-8-1-9(4-10)5-11(12)3-8/h7-12H,1-6H2,(H2,14,16). The van der Waals surface area contributed by atoms with Crippen molar-refractivity contribution < 1.29 is 0 Å². The van der Waals surface area contributed by atoms with E-state index in [1.54, 1.807) is 6.33 Å². The summed E-state index contributed by atoms with van der Waals surface area (Å²) in [5, 5.41) is 7.78. The van der Waals surface area contributed by atoms with Crippen LogP contribution >= 0.6 is 0 Å². The molecule has 4 fully saturated rings. The maximum absolute atomic E-state index is 5.83. The third-order valence-corrected chi connectivity index (χ3v) is 5.47. The Labute approximate surface area is 102 Å². The van der Waals surface area contributed by atoms with E-state index in [1.165, 1.54) is 32.1 Å². The van der Waals surface area contributed by atoms with Crippen molar-refractivity contribution >= 4 is 5.95 Å². The molecule has 1 aromatic heterocycles. The second kappa shape index (κ2) is 3.47. The van der Waals surface area contributed by atoms with Gasteiger partial charge in [0.05, 0.1) is 0 Å². The molecule has 1 heterocycles. The Balaban J connectivity index is 1.57. The zero-order valence-electron chi connectivity index (χ0n) is 10.1. The molecule has 2 N–H and O–H groups in total. The predicted octanol–water partition coefficient (Wildman–Crippen LogP) is 1.93. The first-order chi connectivity index (χ1) is 8.29. The van der Waals surface area contributed by atoms with Crippen molar-refractivity contribution in [1.29, 1.82) is 0 Å². The molecule has 92 valence electrons. The topological polar surface area (TPSA) is 56.7 Å². The number of hydrogen-bond donors (Lipinski definition) is 1. The number of nitrogens with zero attached hydrogens (tertiary/aromatic N) is 3. The first-order valence-corrected chi connectivity index (χ1v) is 6.93. The molecule has 4 saturated carbocycles. The number of rotatable bonds is 2. The van der Waals surface area contributed by atoms with Gasteiger partial charge in [0, 0.05) is 6.54 Å². The van der Waals surface area contributed by atoms with Gasteiger partial charge >= 0.3 is 0 Å². The number of nitrogen functional groups attached to an aromatic ring is 1. The van der Waals surface area contributed by atoms with E-state index in [0.29, 0.717) is 5.95 Å². The van der Waals surface area contributed by atoms with Gasteiger partial charge in [0.25, 0.3) is 0 Å². The predicted molar refractivity (Wildman–Crippen MR) is 65.0 cm³/mol. The summed E-state index contributed by atoms with van der Waals surface area (Å²) in [5.41, 5.74) is 5.83. The largest absolute Gasteiger partial charge is 0.368 e. The van der Waals surface area contributed by atoms with E-state index >= 15 is 0 Å². The maximum Gasteiger partial charge on any atom is 0.221 e. The Hall–Kier alpha value is -1.06. The molecule has 0 aliphatic heterocycles. The molecule has 4 aliphatic rings. The van der Waals surface area contributed by atoms with Crippen LogP contribution in [-0.2, 0) is 6.54 Å². The summed E-state index contributed by atoms with van der Waals surface area (Å²) in [5.74, 6) is 5.42. The molecule has 0 spiro atoms. The van der Waals surface area contributed by atoms with Gasteiger partial charge in [-0.3, -0.25) is 4.57 Å². The van der Waals surface area contributed by atoms with Gasteiger partial charge in [0.2, 0.25) is 5.95 Å². The Morgan fingerprint density at radius 1 is 1.12 bits per heavy atom. The van der Waals surface area contributed by atoms with Gasteiger partial charge in [-0.25, -0.2) is 0 Å². The van der Waals surface area contributed by atoms with Crippen LogP contribution in [0.3, 0.4) is 0 Å². The van der Waals surface area contributed by atoms with Crippen molar-refractivity contribution in [2.24, 2.45) is 29.6 Å². The maximum atomic E-state index is 5.83. The molecule has 0 atom stereocenters. The van der Waals surface area contributed by atoms with E-state index in [0.717, 1.165) is 36.1 Å². The molecule has 4 bridgehead atoms. The van der Waals surface area contributed by atoms with Gasteiger partial charge in [-0.2, -0.15) is 0 Å². The second-order valence-electron chi connectivity index (χ2n) is 6.44. The molecule has 1 aromatic rings. The van der Waals surface area contributed by atoms with Crippen LogP contribution < -0.4 is 5.73 Å². The lowest BCUT2D eigenvalue weighted by Crippen LogP contribution is -2.46. The van der Waals surface area contributed by atoms with E-state index in [4.69, 9.17) is 5.73 Å². The van der Waals surface area contributed by atoms with Crippen molar-refractivity contribution in [3.8, 4) is 0 Å². The van der Waals surface area contributed by atoms with E-state index in [9.17, 15) is 0 Å². The van der Waals surface area contributed by atoms with Crippen LogP contribution in [0.1, 0.15) is 32.1 Å². The third kappa shape index (κ3) is 1.49. The van der Waals surface area contributed by atoms with Crippen molar-refractivity contribution in [3.05, 3.63) is 6.33 Å². The van der Waals surface area contributed by atoms with Gasteiger partial charge < -0.3 is 5.73 Å². The Kier molecular flexibility index (Phi) is 2.02. The lowest BCUT2D eigenvalue weighted by molar-refractivity contribution is -0.0428. The first kappa shape index (κ1) is 9.92. The molecule has 0 amide bonds. The minimum Gasteiger partial charge on any atom is -0.368 e. The summed E-state index contributed by atoms with van der Waals surface area (Å²) >= 11 is 0. The van der Waals surface area contributed by atoms with Crippen LogP contribution in [0.5, 0.6) is 0 Å². The molecular formula is C13H20N4. The van der Waals surface area contributed by atoms with Gasteiger partial charge in [-0.05, 0) is 61.7 Å². The zero-order chi connectivity index (χ0) is 11.4. The molecule has 4 heteroatoms. The third-order valence-electron chi connectivity index (χ3n) is 5.47. The second-order valence-corrected chi connectivity index (χ2v) is 6.44. The monoisotopic (exact) mass is 232 g/mol. The Morgan fingerprint density at radius 2 is 1.76 bits per heavy atom. The summed E-state index contributed by atoms with van der Waals surface area (Å²) in [6.45, 7) is 1.05. The molecule has 4 aliphatic carbocycles. The Morgan fingerprint density at radius 3 is 2.29 bits per heavy atom. The SMILES string of the molecule is Nc1nncn1CC1C2CC3CC(C2)CC1C3. The molecule has 0 unspecified atom stereocenters. The van der Waals surface area contributed by atoms with Crippen LogP contribution in [0.15, 0.2) is 6.33 Å². The molecule has 4 nitrogen and oxygen atoms in total. The van der Waals surface area contributed by atoms with E-state index < -0.39 is 0 Å². The molecule has 0 saturated heterocycles. The number of hydrogen-bond acceptors (Lipinski definition) is 3. The smallest absolute Gasteiger partial charge is 0.221 e. The van der Waals surface area contributed by atoms with Crippen molar-refractivity contribution in [2.45, 2.75) is 38.6 Å². The molecule has 0 radical (unpaired) electrons. The average Bonchev–Trinajstić information content (AvgIpc) is 2.68. The fourth-order valence-electron chi connectivity index (χ4n) is 4.97. The molecular weight excluding hydrogens is 212 g/mol. The minimum absolute atomic E-state index is 0.582. The molecule has 5 rings (SSSR count). The van der Waals surface area contributed by atoms with Crippen LogP contribution in [0.4, 0.5) is 5.95 Å². The quantitative estimate of drug-likeness (QED) is 0.847. The molecule has 0 aromatic carbocycles. The van der Waals surface area contributed by atoms with Crippen molar-refractivity contribution in [3.63, 3.8) is 0 Å². The fraction of sp³-hybridized carbons (Fsp3) is 0.846. The number of anilines is 1. The number of nitrogens with two attached hydrogens (primary N) is 1. The number of aromatic nitrogens is 3. The van der Waals surface area contributed by atoms with Gasteiger partial charge in [0.1, 0.15) is 6.33 Å². The fourth-order valence-corrected chi connectivity index (χ4v) is 4.97. The highest BCUT2D eigenvalue weighted by molar-refractivity contribution is 5.13. The van der Waals surface area contributed by atoms with E-state index in [-0.39, 0.29) is 0 Å². The summed E-state index contributed by atoms with van der Waals surface area (Å²) in [6, 6.07) is 0. The highest BCUT2D eigenvalue weighted by atomic mass is 15.3. The minimum atomic E-state index is 0.582. The Bertz CT molecular complexity index is 397. The van der Waals surface area contributed by atoms with Crippen molar-refractivity contribution in [1.82, 2.24) is 14.8 Å². The van der Waals surface area contributed by atoms with Crippen molar-refractivity contribution in [2.75, 3.05) is 5.73 Å². The van der Waals surface area contributed by atoms with Gasteiger partial charge in [0.15, 0.2) is 0 Å². The summed E-state index contributed by atoms with van der Waals surface area (Å²) in [7, 11) is 0. The lowest BCUT2D eigenvalue weighted by Gasteiger charge is -2.54. The normalized spacial score (nSPS) is 43.2. The van der Waals surface area contributed by atoms with Crippen LogP contribution in [0.25, 0.3) is 0 Å². The van der Waals surface area contributed by atoms with E-state index in [1.807, 2.05) is 4.57 Å². The van der Waals surface area contributed by atoms with Crippen LogP contribution in [0.2, 0.25) is 0 Å². The average molecular weight is 232 g/mol. The van der Waals surface area contributed by atoms with E-state index in [2.05, 4.69) is 10.2 Å². The lowest BCUT2D eigenvalue weighted by atomic mass is 9.52. The van der Waals surface area contributed by atoms with Crippen LogP contribution in [0, 0.1) is 29.6 Å². The van der Waals surface area contributed by atoms with Gasteiger partial charge in [-0.1, -0.05) is 0 Å². The molecule has 17 heavy (non-hydrogen) atoms. The summed E-state index contributed by atoms with van der Waals surface area (Å²) in [4.78, 5) is 0. The zero-order valence-corrected chi connectivity index (χ0v) is 10.1. The summed E-state index contributed by atoms with van der Waals surface area (Å²) < 4.78 is 2.05. The summed E-state index contributed by atoms with van der Waals surface area (Å²) in [6.07, 6.45) is 9.20. The highest BCUT2D eigenvalue weighted by Crippen LogP contribution is 2.56. The highest BCUT2D eigenvalue weighted by Gasteiger charge is 2.48.